The van der Waals surface area contributed by atoms with Gasteiger partial charge in [-0.1, -0.05) is 22.0 Å². The number of hydrogen-bond donors (Lipinski definition) is 1. The quantitative estimate of drug-likeness (QED) is 0.868. The Morgan fingerprint density at radius 2 is 2.00 bits per heavy atom. The number of ether oxygens (including phenoxy) is 1. The van der Waals surface area contributed by atoms with Crippen molar-refractivity contribution in [2.75, 3.05) is 5.73 Å². The van der Waals surface area contributed by atoms with Crippen molar-refractivity contribution in [3.8, 4) is 5.75 Å². The molecule has 2 N–H and O–H groups in total. The maximum absolute atomic E-state index is 13.5. The summed E-state index contributed by atoms with van der Waals surface area (Å²) in [5, 5.41) is 0. The van der Waals surface area contributed by atoms with Gasteiger partial charge in [0, 0.05) is 10.0 Å². The van der Waals surface area contributed by atoms with Crippen molar-refractivity contribution in [2.45, 2.75) is 13.5 Å². The van der Waals surface area contributed by atoms with Crippen molar-refractivity contribution < 1.29 is 9.13 Å². The lowest BCUT2D eigenvalue weighted by Crippen LogP contribution is -2.01. The number of rotatable bonds is 3. The number of aryl methyl sites for hydroxylation is 1. The molecule has 0 bridgehead atoms. The molecule has 2 aromatic carbocycles. The van der Waals surface area contributed by atoms with Crippen LogP contribution in [0.4, 0.5) is 10.1 Å². The van der Waals surface area contributed by atoms with Gasteiger partial charge in [-0.2, -0.15) is 0 Å². The number of halogens is 2. The van der Waals surface area contributed by atoms with Crippen molar-refractivity contribution >= 4 is 21.6 Å². The molecule has 0 aliphatic heterocycles. The smallest absolute Gasteiger partial charge is 0.142 e. The molecular weight excluding hydrogens is 297 g/mol. The van der Waals surface area contributed by atoms with Crippen molar-refractivity contribution in [1.29, 1.82) is 0 Å². The molecule has 0 saturated heterocycles. The molecule has 0 radical (unpaired) electrons. The van der Waals surface area contributed by atoms with E-state index >= 15 is 0 Å². The summed E-state index contributed by atoms with van der Waals surface area (Å²) in [5.74, 6) is 0.291. The summed E-state index contributed by atoms with van der Waals surface area (Å²) in [5.41, 5.74) is 7.89. The van der Waals surface area contributed by atoms with Gasteiger partial charge < -0.3 is 10.5 Å². The number of benzene rings is 2. The summed E-state index contributed by atoms with van der Waals surface area (Å²) in [6.45, 7) is 2.10. The largest absolute Gasteiger partial charge is 0.487 e. The average molecular weight is 310 g/mol. The maximum atomic E-state index is 13.5. The van der Waals surface area contributed by atoms with Crippen molar-refractivity contribution in [3.05, 3.63) is 57.8 Å². The molecule has 18 heavy (non-hydrogen) atoms. The lowest BCUT2D eigenvalue weighted by Gasteiger charge is -2.10. The van der Waals surface area contributed by atoms with Crippen LogP contribution in [0.1, 0.15) is 11.1 Å². The van der Waals surface area contributed by atoms with Crippen LogP contribution < -0.4 is 10.5 Å². The van der Waals surface area contributed by atoms with E-state index in [2.05, 4.69) is 15.9 Å². The van der Waals surface area contributed by atoms with Gasteiger partial charge in [-0.15, -0.1) is 0 Å². The number of nitrogens with two attached hydrogens (primary N) is 1. The Morgan fingerprint density at radius 3 is 2.78 bits per heavy atom. The Kier molecular flexibility index (Phi) is 3.87. The molecule has 94 valence electrons. The molecule has 2 rings (SSSR count). The summed E-state index contributed by atoms with van der Waals surface area (Å²) in [4.78, 5) is 0. The second-order valence-electron chi connectivity index (χ2n) is 4.07. The molecule has 0 saturated carbocycles. The highest BCUT2D eigenvalue weighted by molar-refractivity contribution is 9.10. The Balaban J connectivity index is 2.16. The third-order valence-corrected chi connectivity index (χ3v) is 3.05. The number of anilines is 1. The molecule has 0 heterocycles. The highest BCUT2D eigenvalue weighted by Crippen LogP contribution is 2.24. The molecule has 0 fully saturated rings. The van der Waals surface area contributed by atoms with E-state index in [9.17, 15) is 4.39 Å². The zero-order chi connectivity index (χ0) is 13.1. The third kappa shape index (κ3) is 3.01. The first-order valence-electron chi connectivity index (χ1n) is 5.49. The van der Waals surface area contributed by atoms with Gasteiger partial charge in [-0.3, -0.25) is 0 Å². The van der Waals surface area contributed by atoms with E-state index in [1.165, 1.54) is 6.07 Å². The summed E-state index contributed by atoms with van der Waals surface area (Å²) in [6.07, 6.45) is 0. The second kappa shape index (κ2) is 5.40. The van der Waals surface area contributed by atoms with Crippen molar-refractivity contribution in [3.63, 3.8) is 0 Å². The van der Waals surface area contributed by atoms with Crippen molar-refractivity contribution in [2.24, 2.45) is 0 Å². The van der Waals surface area contributed by atoms with E-state index in [4.69, 9.17) is 10.5 Å². The summed E-state index contributed by atoms with van der Waals surface area (Å²) in [7, 11) is 0. The maximum Gasteiger partial charge on any atom is 0.142 e. The van der Waals surface area contributed by atoms with E-state index in [1.807, 2.05) is 19.1 Å². The fraction of sp³-hybridized carbons (Fsp3) is 0.143. The van der Waals surface area contributed by atoms with E-state index < -0.39 is 0 Å². The Hall–Kier alpha value is -1.55. The van der Waals surface area contributed by atoms with Crippen LogP contribution in [0.25, 0.3) is 0 Å². The van der Waals surface area contributed by atoms with Gasteiger partial charge in [0.1, 0.15) is 18.2 Å². The molecule has 0 aliphatic rings. The predicted molar refractivity (Wildman–Crippen MR) is 74.0 cm³/mol. The van der Waals surface area contributed by atoms with Gasteiger partial charge in [-0.25, -0.2) is 4.39 Å². The topological polar surface area (TPSA) is 35.2 Å². The van der Waals surface area contributed by atoms with Crippen LogP contribution in [0.5, 0.6) is 5.75 Å². The molecule has 4 heteroatoms. The van der Waals surface area contributed by atoms with Gasteiger partial charge in [0.2, 0.25) is 0 Å². The molecule has 0 aliphatic carbocycles. The standard InChI is InChI=1S/C14H13BrFNO/c1-9-2-5-13(17)14(6-9)18-8-10-7-11(15)3-4-12(10)16/h2-7H,8,17H2,1H3. The first-order chi connectivity index (χ1) is 8.56. The number of nitrogen functional groups attached to an aromatic ring is 1. The molecule has 0 atom stereocenters. The fourth-order valence-electron chi connectivity index (χ4n) is 1.58. The average Bonchev–Trinajstić information content (AvgIpc) is 2.34. The Morgan fingerprint density at radius 1 is 1.22 bits per heavy atom. The molecule has 2 nitrogen and oxygen atoms in total. The predicted octanol–water partition coefficient (Wildman–Crippen LogP) is 4.06. The van der Waals surface area contributed by atoms with Crippen LogP contribution in [0, 0.1) is 12.7 Å². The lowest BCUT2D eigenvalue weighted by molar-refractivity contribution is 0.301. The van der Waals surface area contributed by atoms with E-state index in [-0.39, 0.29) is 12.4 Å². The minimum Gasteiger partial charge on any atom is -0.487 e. The van der Waals surface area contributed by atoms with E-state index in [0.717, 1.165) is 10.0 Å². The Labute approximate surface area is 114 Å². The zero-order valence-electron chi connectivity index (χ0n) is 9.91. The van der Waals surface area contributed by atoms with Crippen LogP contribution in [0.15, 0.2) is 40.9 Å². The van der Waals surface area contributed by atoms with Crippen LogP contribution in [0.2, 0.25) is 0 Å². The van der Waals surface area contributed by atoms with Gasteiger partial charge in [0.05, 0.1) is 5.69 Å². The first kappa shape index (κ1) is 12.9. The fourth-order valence-corrected chi connectivity index (χ4v) is 1.98. The molecule has 0 aromatic heterocycles. The zero-order valence-corrected chi connectivity index (χ0v) is 11.5. The summed E-state index contributed by atoms with van der Waals surface area (Å²) < 4.78 is 19.9. The molecule has 0 spiro atoms. The van der Waals surface area contributed by atoms with Gasteiger partial charge in [0.15, 0.2) is 0 Å². The van der Waals surface area contributed by atoms with Gasteiger partial charge in [-0.05, 0) is 42.8 Å². The highest BCUT2D eigenvalue weighted by Gasteiger charge is 2.06. The molecular formula is C14H13BrFNO. The number of hydrogen-bond acceptors (Lipinski definition) is 2. The second-order valence-corrected chi connectivity index (χ2v) is 4.98. The van der Waals surface area contributed by atoms with E-state index in [1.54, 1.807) is 18.2 Å². The highest BCUT2D eigenvalue weighted by atomic mass is 79.9. The first-order valence-corrected chi connectivity index (χ1v) is 6.28. The van der Waals surface area contributed by atoms with Crippen LogP contribution >= 0.6 is 15.9 Å². The molecule has 0 amide bonds. The van der Waals surface area contributed by atoms with Gasteiger partial charge >= 0.3 is 0 Å². The minimum atomic E-state index is -0.288. The van der Waals surface area contributed by atoms with Crippen LogP contribution in [-0.4, -0.2) is 0 Å². The SMILES string of the molecule is Cc1ccc(N)c(OCc2cc(Br)ccc2F)c1. The summed E-state index contributed by atoms with van der Waals surface area (Å²) >= 11 is 3.30. The van der Waals surface area contributed by atoms with Crippen LogP contribution in [-0.2, 0) is 6.61 Å². The van der Waals surface area contributed by atoms with E-state index in [0.29, 0.717) is 17.0 Å². The monoisotopic (exact) mass is 309 g/mol. The van der Waals surface area contributed by atoms with Crippen molar-refractivity contribution in [1.82, 2.24) is 0 Å². The lowest BCUT2D eigenvalue weighted by atomic mass is 10.2. The third-order valence-electron chi connectivity index (χ3n) is 2.56. The molecule has 0 unspecified atom stereocenters. The Bertz CT molecular complexity index is 520. The summed E-state index contributed by atoms with van der Waals surface area (Å²) in [6, 6.07) is 10.3. The van der Waals surface area contributed by atoms with Gasteiger partial charge in [0.25, 0.3) is 0 Å². The van der Waals surface area contributed by atoms with Crippen LogP contribution in [0.3, 0.4) is 0 Å². The normalized spacial score (nSPS) is 10.4. The molecule has 2 aromatic rings. The minimum absolute atomic E-state index is 0.152.